The Hall–Kier alpha value is -1.35. The van der Waals surface area contributed by atoms with Gasteiger partial charge in [0.15, 0.2) is 0 Å². The van der Waals surface area contributed by atoms with Gasteiger partial charge in [0.2, 0.25) is 5.91 Å². The second-order valence-electron chi connectivity index (χ2n) is 6.53. The molecule has 1 atom stereocenters. The maximum atomic E-state index is 12.3. The van der Waals surface area contributed by atoms with Crippen molar-refractivity contribution in [2.45, 2.75) is 38.6 Å². The SMILES string of the molecule is CC1CN(C(=O)C2CCC2)CCN1CCc1ccccc1. The Morgan fingerprint density at radius 1 is 1.19 bits per heavy atom. The van der Waals surface area contributed by atoms with E-state index in [1.54, 1.807) is 0 Å². The average Bonchev–Trinajstić information content (AvgIpc) is 2.45. The number of rotatable bonds is 4. The van der Waals surface area contributed by atoms with Crippen LogP contribution in [0.3, 0.4) is 0 Å². The molecule has 1 amide bonds. The standard InChI is InChI=1S/C18H26N2O/c1-15-14-20(18(21)17-8-5-9-17)13-12-19(15)11-10-16-6-3-2-4-7-16/h2-4,6-7,15,17H,5,8-14H2,1H3. The molecule has 1 aromatic rings. The van der Waals surface area contributed by atoms with Gasteiger partial charge < -0.3 is 4.90 Å². The molecule has 1 aliphatic heterocycles. The van der Waals surface area contributed by atoms with Crippen LogP contribution in [0.4, 0.5) is 0 Å². The quantitative estimate of drug-likeness (QED) is 0.849. The van der Waals surface area contributed by atoms with Crippen LogP contribution in [0.15, 0.2) is 30.3 Å². The number of benzene rings is 1. The van der Waals surface area contributed by atoms with Crippen LogP contribution in [0, 0.1) is 5.92 Å². The van der Waals surface area contributed by atoms with Crippen LogP contribution in [0.5, 0.6) is 0 Å². The molecule has 3 heteroatoms. The zero-order valence-electron chi connectivity index (χ0n) is 13.0. The summed E-state index contributed by atoms with van der Waals surface area (Å²) in [5.41, 5.74) is 1.40. The molecule has 1 saturated carbocycles. The first-order chi connectivity index (χ1) is 10.2. The molecule has 0 aromatic heterocycles. The van der Waals surface area contributed by atoms with E-state index < -0.39 is 0 Å². The number of nitrogens with zero attached hydrogens (tertiary/aromatic N) is 2. The second-order valence-corrected chi connectivity index (χ2v) is 6.53. The molecule has 0 radical (unpaired) electrons. The minimum Gasteiger partial charge on any atom is -0.340 e. The van der Waals surface area contributed by atoms with Crippen molar-refractivity contribution in [3.05, 3.63) is 35.9 Å². The van der Waals surface area contributed by atoms with Crippen LogP contribution in [-0.2, 0) is 11.2 Å². The maximum Gasteiger partial charge on any atom is 0.225 e. The fraction of sp³-hybridized carbons (Fsp3) is 0.611. The predicted molar refractivity (Wildman–Crippen MR) is 85.1 cm³/mol. The van der Waals surface area contributed by atoms with E-state index >= 15 is 0 Å². The smallest absolute Gasteiger partial charge is 0.225 e. The van der Waals surface area contributed by atoms with E-state index in [2.05, 4.69) is 47.1 Å². The minimum atomic E-state index is 0.341. The van der Waals surface area contributed by atoms with Crippen LogP contribution >= 0.6 is 0 Å². The number of amides is 1. The zero-order chi connectivity index (χ0) is 14.7. The lowest BCUT2D eigenvalue weighted by Crippen LogP contribution is -2.55. The van der Waals surface area contributed by atoms with Gasteiger partial charge in [0.05, 0.1) is 0 Å². The highest BCUT2D eigenvalue weighted by Crippen LogP contribution is 2.29. The minimum absolute atomic E-state index is 0.341. The van der Waals surface area contributed by atoms with Crippen molar-refractivity contribution < 1.29 is 4.79 Å². The van der Waals surface area contributed by atoms with E-state index in [4.69, 9.17) is 0 Å². The molecule has 114 valence electrons. The number of carbonyl (C=O) groups is 1. The third-order valence-corrected chi connectivity index (χ3v) is 5.06. The van der Waals surface area contributed by atoms with Crippen LogP contribution in [0.25, 0.3) is 0 Å². The molecule has 2 aliphatic rings. The van der Waals surface area contributed by atoms with E-state index in [-0.39, 0.29) is 0 Å². The topological polar surface area (TPSA) is 23.6 Å². The van der Waals surface area contributed by atoms with Gasteiger partial charge in [0, 0.05) is 38.1 Å². The fourth-order valence-electron chi connectivity index (χ4n) is 3.36. The summed E-state index contributed by atoms with van der Waals surface area (Å²) in [5.74, 6) is 0.754. The van der Waals surface area contributed by atoms with Crippen LogP contribution in [-0.4, -0.2) is 47.9 Å². The Labute approximate surface area is 127 Å². The zero-order valence-corrected chi connectivity index (χ0v) is 13.0. The third kappa shape index (κ3) is 3.46. The molecule has 1 unspecified atom stereocenters. The summed E-state index contributed by atoms with van der Waals surface area (Å²) in [4.78, 5) is 16.9. The van der Waals surface area contributed by atoms with Crippen molar-refractivity contribution in [2.24, 2.45) is 5.92 Å². The highest BCUT2D eigenvalue weighted by molar-refractivity contribution is 5.79. The molecular weight excluding hydrogens is 260 g/mol. The molecule has 2 fully saturated rings. The lowest BCUT2D eigenvalue weighted by molar-refractivity contribution is -0.141. The molecule has 0 N–H and O–H groups in total. The van der Waals surface area contributed by atoms with Crippen molar-refractivity contribution in [2.75, 3.05) is 26.2 Å². The number of piperazine rings is 1. The summed E-state index contributed by atoms with van der Waals surface area (Å²) in [5, 5.41) is 0. The largest absolute Gasteiger partial charge is 0.340 e. The van der Waals surface area contributed by atoms with E-state index in [0.717, 1.165) is 45.4 Å². The predicted octanol–water partition coefficient (Wildman–Crippen LogP) is 2.56. The van der Waals surface area contributed by atoms with E-state index in [1.807, 2.05) is 0 Å². The van der Waals surface area contributed by atoms with Gasteiger partial charge in [0.25, 0.3) is 0 Å². The number of hydrogen-bond donors (Lipinski definition) is 0. The summed E-state index contributed by atoms with van der Waals surface area (Å²) in [6, 6.07) is 11.1. The average molecular weight is 286 g/mol. The highest BCUT2D eigenvalue weighted by atomic mass is 16.2. The summed E-state index contributed by atoms with van der Waals surface area (Å²) in [6.45, 7) is 6.19. The first kappa shape index (κ1) is 14.6. The first-order valence-corrected chi connectivity index (χ1v) is 8.31. The van der Waals surface area contributed by atoms with Gasteiger partial charge in [-0.3, -0.25) is 9.69 Å². The Morgan fingerprint density at radius 3 is 2.57 bits per heavy atom. The Kier molecular flexibility index (Phi) is 4.59. The molecule has 0 bridgehead atoms. The normalized spacial score (nSPS) is 23.9. The van der Waals surface area contributed by atoms with E-state index in [0.29, 0.717) is 17.9 Å². The van der Waals surface area contributed by atoms with Crippen molar-refractivity contribution in [3.8, 4) is 0 Å². The number of hydrogen-bond acceptors (Lipinski definition) is 2. The molecule has 1 aliphatic carbocycles. The monoisotopic (exact) mass is 286 g/mol. The van der Waals surface area contributed by atoms with Crippen molar-refractivity contribution in [1.82, 2.24) is 9.80 Å². The lowest BCUT2D eigenvalue weighted by Gasteiger charge is -2.42. The summed E-state index contributed by atoms with van der Waals surface area (Å²) in [6.07, 6.45) is 4.56. The molecular formula is C18H26N2O. The first-order valence-electron chi connectivity index (χ1n) is 8.31. The maximum absolute atomic E-state index is 12.3. The van der Waals surface area contributed by atoms with Crippen LogP contribution < -0.4 is 0 Å². The number of carbonyl (C=O) groups excluding carboxylic acids is 1. The lowest BCUT2D eigenvalue weighted by atomic mass is 9.84. The van der Waals surface area contributed by atoms with Gasteiger partial charge in [-0.15, -0.1) is 0 Å². The summed E-state index contributed by atoms with van der Waals surface area (Å²) >= 11 is 0. The van der Waals surface area contributed by atoms with Gasteiger partial charge in [-0.25, -0.2) is 0 Å². The molecule has 1 saturated heterocycles. The van der Waals surface area contributed by atoms with E-state index in [9.17, 15) is 4.79 Å². The van der Waals surface area contributed by atoms with Crippen LogP contribution in [0.2, 0.25) is 0 Å². The van der Waals surface area contributed by atoms with Crippen molar-refractivity contribution in [1.29, 1.82) is 0 Å². The van der Waals surface area contributed by atoms with Gasteiger partial charge in [-0.2, -0.15) is 0 Å². The Bertz CT molecular complexity index is 469. The third-order valence-electron chi connectivity index (χ3n) is 5.06. The van der Waals surface area contributed by atoms with Gasteiger partial charge in [0.1, 0.15) is 0 Å². The van der Waals surface area contributed by atoms with Gasteiger partial charge >= 0.3 is 0 Å². The summed E-state index contributed by atoms with van der Waals surface area (Å²) < 4.78 is 0. The van der Waals surface area contributed by atoms with Gasteiger partial charge in [-0.1, -0.05) is 36.8 Å². The molecule has 21 heavy (non-hydrogen) atoms. The highest BCUT2D eigenvalue weighted by Gasteiger charge is 2.33. The fourth-order valence-corrected chi connectivity index (χ4v) is 3.36. The molecule has 3 rings (SSSR count). The Morgan fingerprint density at radius 2 is 1.95 bits per heavy atom. The van der Waals surface area contributed by atoms with Gasteiger partial charge in [-0.05, 0) is 31.7 Å². The van der Waals surface area contributed by atoms with E-state index in [1.165, 1.54) is 12.0 Å². The molecule has 1 heterocycles. The molecule has 3 nitrogen and oxygen atoms in total. The summed E-state index contributed by atoms with van der Waals surface area (Å²) in [7, 11) is 0. The van der Waals surface area contributed by atoms with Crippen molar-refractivity contribution >= 4 is 5.91 Å². The van der Waals surface area contributed by atoms with Crippen molar-refractivity contribution in [3.63, 3.8) is 0 Å². The molecule has 1 aromatic carbocycles. The second kappa shape index (κ2) is 6.61. The molecule has 0 spiro atoms. The van der Waals surface area contributed by atoms with Crippen LogP contribution in [0.1, 0.15) is 31.7 Å². The Balaban J connectivity index is 1.48.